The molecular formula is C23H31FN6OS. The zero-order valence-electron chi connectivity index (χ0n) is 19.5. The van der Waals surface area contributed by atoms with Gasteiger partial charge in [-0.25, -0.2) is 14.4 Å². The minimum absolute atomic E-state index is 0.00859. The zero-order chi connectivity index (χ0) is 23.1. The highest BCUT2D eigenvalue weighted by molar-refractivity contribution is 7.22. The Morgan fingerprint density at radius 2 is 1.91 bits per heavy atom. The number of hydrogen-bond donors (Lipinski definition) is 2. The molecule has 0 spiro atoms. The lowest BCUT2D eigenvalue weighted by molar-refractivity contribution is -0.00778. The molecule has 1 aromatic carbocycles. The van der Waals surface area contributed by atoms with Gasteiger partial charge in [-0.3, -0.25) is 10.2 Å². The van der Waals surface area contributed by atoms with Crippen molar-refractivity contribution in [3.8, 4) is 5.75 Å². The largest absolute Gasteiger partial charge is 0.494 e. The number of likely N-dealkylation sites (tertiary alicyclic amines) is 1. The summed E-state index contributed by atoms with van der Waals surface area (Å²) in [6.45, 7) is 11.4. The number of aromatic nitrogens is 3. The standard InChI is InChI=1S/C23H31FN6OS/c1-7-31-15-8-9-17-18(10-15)32-21(27-17)29-20-25-13-16(24)19(28-20)26-14-11-22(2,3)30(6)23(4,5)12-14/h8-10,13-14H,7,11-12H2,1-6H3,(H2,25,26,27,28,29). The van der Waals surface area contributed by atoms with E-state index in [0.717, 1.165) is 28.8 Å². The van der Waals surface area contributed by atoms with Crippen LogP contribution in [0.25, 0.3) is 10.2 Å². The predicted molar refractivity (Wildman–Crippen MR) is 129 cm³/mol. The van der Waals surface area contributed by atoms with Gasteiger partial charge < -0.3 is 10.1 Å². The van der Waals surface area contributed by atoms with Gasteiger partial charge in [-0.1, -0.05) is 11.3 Å². The second-order valence-electron chi connectivity index (χ2n) is 9.53. The van der Waals surface area contributed by atoms with E-state index < -0.39 is 5.82 Å². The number of rotatable bonds is 6. The van der Waals surface area contributed by atoms with Crippen LogP contribution in [0, 0.1) is 5.82 Å². The average Bonchev–Trinajstić information content (AvgIpc) is 3.10. The lowest BCUT2D eigenvalue weighted by atomic mass is 9.77. The van der Waals surface area contributed by atoms with Gasteiger partial charge in [0.05, 0.1) is 23.0 Å². The predicted octanol–water partition coefficient (Wildman–Crippen LogP) is 5.43. The Morgan fingerprint density at radius 1 is 1.19 bits per heavy atom. The molecule has 0 amide bonds. The minimum Gasteiger partial charge on any atom is -0.494 e. The first kappa shape index (κ1) is 22.7. The summed E-state index contributed by atoms with van der Waals surface area (Å²) in [7, 11) is 2.15. The molecule has 0 unspecified atom stereocenters. The summed E-state index contributed by atoms with van der Waals surface area (Å²) in [6, 6.07) is 5.89. The van der Waals surface area contributed by atoms with Crippen LogP contribution in [0.1, 0.15) is 47.5 Å². The van der Waals surface area contributed by atoms with Crippen LogP contribution in [0.15, 0.2) is 24.4 Å². The van der Waals surface area contributed by atoms with Gasteiger partial charge in [0.1, 0.15) is 5.75 Å². The monoisotopic (exact) mass is 458 g/mol. The highest BCUT2D eigenvalue weighted by atomic mass is 32.1. The summed E-state index contributed by atoms with van der Waals surface area (Å²) < 4.78 is 21.1. The molecule has 1 aliphatic heterocycles. The Morgan fingerprint density at radius 3 is 2.59 bits per heavy atom. The zero-order valence-corrected chi connectivity index (χ0v) is 20.3. The highest BCUT2D eigenvalue weighted by Gasteiger charge is 2.43. The van der Waals surface area contributed by atoms with Crippen molar-refractivity contribution in [1.29, 1.82) is 0 Å². The van der Waals surface area contributed by atoms with Gasteiger partial charge in [0, 0.05) is 17.1 Å². The van der Waals surface area contributed by atoms with Crippen LogP contribution in [-0.4, -0.2) is 50.6 Å². The van der Waals surface area contributed by atoms with E-state index in [0.29, 0.717) is 17.7 Å². The van der Waals surface area contributed by atoms with E-state index in [1.165, 1.54) is 17.5 Å². The summed E-state index contributed by atoms with van der Waals surface area (Å²) in [5.74, 6) is 0.868. The number of ether oxygens (including phenoxy) is 1. The van der Waals surface area contributed by atoms with Gasteiger partial charge >= 0.3 is 0 Å². The second-order valence-corrected chi connectivity index (χ2v) is 10.6. The fourth-order valence-electron chi connectivity index (χ4n) is 4.51. The maximum absolute atomic E-state index is 14.6. The molecule has 9 heteroatoms. The number of benzene rings is 1. The molecule has 0 saturated carbocycles. The van der Waals surface area contributed by atoms with Gasteiger partial charge in [0.2, 0.25) is 5.95 Å². The topological polar surface area (TPSA) is 75.2 Å². The molecule has 3 heterocycles. The Kier molecular flexibility index (Phi) is 5.98. The lowest BCUT2D eigenvalue weighted by Crippen LogP contribution is -2.61. The van der Waals surface area contributed by atoms with Crippen LogP contribution < -0.4 is 15.4 Å². The number of thiazole rings is 1. The van der Waals surface area contributed by atoms with Crippen molar-refractivity contribution in [2.24, 2.45) is 0 Å². The van der Waals surface area contributed by atoms with Crippen LogP contribution >= 0.6 is 11.3 Å². The van der Waals surface area contributed by atoms with Gasteiger partial charge in [-0.05, 0) is 72.7 Å². The van der Waals surface area contributed by atoms with Crippen molar-refractivity contribution >= 4 is 38.5 Å². The third-order valence-corrected chi connectivity index (χ3v) is 7.22. The molecule has 0 atom stereocenters. The number of hydrogen-bond acceptors (Lipinski definition) is 8. The van der Waals surface area contributed by atoms with Crippen LogP contribution in [0.3, 0.4) is 0 Å². The van der Waals surface area contributed by atoms with E-state index in [2.05, 4.69) is 65.2 Å². The summed E-state index contributed by atoms with van der Waals surface area (Å²) >= 11 is 1.48. The van der Waals surface area contributed by atoms with Crippen molar-refractivity contribution in [3.05, 3.63) is 30.2 Å². The van der Waals surface area contributed by atoms with E-state index in [9.17, 15) is 4.39 Å². The van der Waals surface area contributed by atoms with Crippen molar-refractivity contribution in [1.82, 2.24) is 19.9 Å². The third-order valence-electron chi connectivity index (χ3n) is 6.28. The Bertz CT molecular complexity index is 1100. The maximum Gasteiger partial charge on any atom is 0.231 e. The van der Waals surface area contributed by atoms with Crippen LogP contribution in [0.2, 0.25) is 0 Å². The number of fused-ring (bicyclic) bond motifs is 1. The first-order valence-corrected chi connectivity index (χ1v) is 11.7. The van der Waals surface area contributed by atoms with E-state index in [1.807, 2.05) is 25.1 Å². The molecule has 2 N–H and O–H groups in total. The van der Waals surface area contributed by atoms with Gasteiger partial charge in [0.25, 0.3) is 0 Å². The van der Waals surface area contributed by atoms with Crippen LogP contribution in [0.5, 0.6) is 5.75 Å². The number of piperidine rings is 1. The van der Waals surface area contributed by atoms with E-state index in [-0.39, 0.29) is 22.9 Å². The molecule has 0 radical (unpaired) electrons. The number of nitrogens with one attached hydrogen (secondary N) is 2. The summed E-state index contributed by atoms with van der Waals surface area (Å²) in [5.41, 5.74) is 0.841. The average molecular weight is 459 g/mol. The first-order valence-electron chi connectivity index (χ1n) is 10.9. The summed E-state index contributed by atoms with van der Waals surface area (Å²) in [4.78, 5) is 15.5. The number of anilines is 3. The van der Waals surface area contributed by atoms with Gasteiger partial charge in [0.15, 0.2) is 16.8 Å². The smallest absolute Gasteiger partial charge is 0.231 e. The Labute approximate surface area is 192 Å². The van der Waals surface area contributed by atoms with E-state index in [4.69, 9.17) is 4.74 Å². The molecule has 4 rings (SSSR count). The van der Waals surface area contributed by atoms with Crippen molar-refractivity contribution < 1.29 is 9.13 Å². The Balaban J connectivity index is 1.52. The third kappa shape index (κ3) is 4.63. The van der Waals surface area contributed by atoms with Crippen molar-refractivity contribution in [3.63, 3.8) is 0 Å². The van der Waals surface area contributed by atoms with Crippen molar-refractivity contribution in [2.75, 3.05) is 24.3 Å². The molecule has 7 nitrogen and oxygen atoms in total. The van der Waals surface area contributed by atoms with Crippen molar-refractivity contribution in [2.45, 2.75) is 64.6 Å². The maximum atomic E-state index is 14.6. The lowest BCUT2D eigenvalue weighted by Gasteiger charge is -2.53. The molecule has 1 aliphatic rings. The molecule has 32 heavy (non-hydrogen) atoms. The van der Waals surface area contributed by atoms with Gasteiger partial charge in [-0.2, -0.15) is 4.98 Å². The molecule has 2 aromatic heterocycles. The fraction of sp³-hybridized carbons (Fsp3) is 0.522. The fourth-order valence-corrected chi connectivity index (χ4v) is 5.39. The SMILES string of the molecule is CCOc1ccc2nc(Nc3ncc(F)c(NC4CC(C)(C)N(C)C(C)(C)C4)n3)sc2c1. The quantitative estimate of drug-likeness (QED) is 0.510. The van der Waals surface area contributed by atoms with Gasteiger partial charge in [-0.15, -0.1) is 0 Å². The highest BCUT2D eigenvalue weighted by Crippen LogP contribution is 2.38. The normalized spacial score (nSPS) is 18.6. The Hall–Kier alpha value is -2.52. The molecule has 3 aromatic rings. The number of nitrogens with zero attached hydrogens (tertiary/aromatic N) is 4. The summed E-state index contributed by atoms with van der Waals surface area (Å²) in [6.07, 6.45) is 2.97. The molecular weight excluding hydrogens is 427 g/mol. The van der Waals surface area contributed by atoms with Crippen LogP contribution in [0.4, 0.5) is 21.3 Å². The molecule has 0 aliphatic carbocycles. The van der Waals surface area contributed by atoms with Crippen LogP contribution in [-0.2, 0) is 0 Å². The minimum atomic E-state index is -0.462. The van der Waals surface area contributed by atoms with E-state index >= 15 is 0 Å². The summed E-state index contributed by atoms with van der Waals surface area (Å²) in [5, 5.41) is 7.09. The molecule has 172 valence electrons. The van der Waals surface area contributed by atoms with E-state index in [1.54, 1.807) is 0 Å². The number of halogens is 1. The second kappa shape index (κ2) is 8.44. The first-order chi connectivity index (χ1) is 15.1. The molecule has 1 saturated heterocycles. The molecule has 1 fully saturated rings. The molecule has 0 bridgehead atoms.